The van der Waals surface area contributed by atoms with Crippen LogP contribution in [0.15, 0.2) is 66.7 Å². The number of aliphatic hydroxyl groups is 1. The number of anilines is 1. The Kier molecular flexibility index (Phi) is 15.1. The van der Waals surface area contributed by atoms with Crippen LogP contribution in [-0.4, -0.2) is 80.6 Å². The van der Waals surface area contributed by atoms with Gasteiger partial charge in [0.15, 0.2) is 0 Å². The van der Waals surface area contributed by atoms with Crippen molar-refractivity contribution in [2.45, 2.75) is 59.7 Å². The van der Waals surface area contributed by atoms with E-state index in [-0.39, 0.29) is 43.3 Å². The van der Waals surface area contributed by atoms with E-state index >= 15 is 0 Å². The van der Waals surface area contributed by atoms with E-state index in [1.54, 1.807) is 57.2 Å². The maximum absolute atomic E-state index is 13.0. The first-order valence-corrected chi connectivity index (χ1v) is 18.7. The molecule has 0 aliphatic heterocycles. The summed E-state index contributed by atoms with van der Waals surface area (Å²) < 4.78 is 43.4. The monoisotopic (exact) mass is 745 g/mol. The smallest absolute Gasteiger partial charge is 0.410 e. The molecule has 0 saturated carbocycles. The van der Waals surface area contributed by atoms with Gasteiger partial charge in [-0.05, 0) is 86.2 Å². The van der Waals surface area contributed by atoms with E-state index in [1.165, 1.54) is 17.9 Å². The van der Waals surface area contributed by atoms with Gasteiger partial charge in [-0.3, -0.25) is 9.59 Å². The summed E-state index contributed by atoms with van der Waals surface area (Å²) in [6.45, 7) is 11.3. The van der Waals surface area contributed by atoms with Gasteiger partial charge in [0.05, 0.1) is 37.2 Å². The summed E-state index contributed by atoms with van der Waals surface area (Å²) in [6, 6.07) is 19.3. The average molecular weight is 746 g/mol. The summed E-state index contributed by atoms with van der Waals surface area (Å²) >= 11 is 6.10. The van der Waals surface area contributed by atoms with Crippen LogP contribution in [-0.2, 0) is 24.3 Å². The third-order valence-electron chi connectivity index (χ3n) is 7.12. The number of nitrogens with one attached hydrogen (secondary N) is 2. The number of hydrogen-bond acceptors (Lipinski definition) is 10. The number of carbonyl (C=O) groups is 3. The summed E-state index contributed by atoms with van der Waals surface area (Å²) in [4.78, 5) is 38.4. The maximum Gasteiger partial charge on any atom is 0.410 e. The van der Waals surface area contributed by atoms with Crippen LogP contribution < -0.4 is 14.8 Å². The van der Waals surface area contributed by atoms with Gasteiger partial charge in [0.1, 0.15) is 11.4 Å². The van der Waals surface area contributed by atoms with Crippen molar-refractivity contribution in [3.8, 4) is 16.9 Å². The standard InChI is InChI=1S/C37H48ClN3O9S/c1-25(2)24-49-34-22-28(13-16-32(34)35(44)40-51(46,47)20-8-19-48-26(3)42)27-11-14-31(15-12-27)39-17-18-41(36(45)50-37(4,5)6)23-33(43)29-9-7-10-30(38)21-29/h7,9-16,21-22,25,33,39,43H,8,17-20,23-24H2,1-6H3,(H,40,44)/t33-/m1/s1. The van der Waals surface area contributed by atoms with E-state index in [0.717, 1.165) is 16.8 Å². The lowest BCUT2D eigenvalue weighted by atomic mass is 10.0. The van der Waals surface area contributed by atoms with Crippen LogP contribution >= 0.6 is 11.6 Å². The number of benzene rings is 3. The second-order valence-electron chi connectivity index (χ2n) is 13.4. The molecule has 0 heterocycles. The zero-order valence-corrected chi connectivity index (χ0v) is 31.5. The van der Waals surface area contributed by atoms with Crippen molar-refractivity contribution in [1.82, 2.24) is 9.62 Å². The molecular weight excluding hydrogens is 698 g/mol. The van der Waals surface area contributed by atoms with Crippen LogP contribution in [0.25, 0.3) is 11.1 Å². The van der Waals surface area contributed by atoms with Crippen molar-refractivity contribution < 1.29 is 42.1 Å². The third kappa shape index (κ3) is 14.4. The number of rotatable bonds is 17. The number of halogens is 1. The molecule has 0 fully saturated rings. The Morgan fingerprint density at radius 2 is 1.67 bits per heavy atom. The van der Waals surface area contributed by atoms with Gasteiger partial charge in [0.2, 0.25) is 10.0 Å². The molecule has 0 aromatic heterocycles. The zero-order chi connectivity index (χ0) is 37.8. The molecule has 0 radical (unpaired) electrons. The molecule has 0 aliphatic rings. The summed E-state index contributed by atoms with van der Waals surface area (Å²) in [5, 5.41) is 14.6. The van der Waals surface area contributed by atoms with Crippen molar-refractivity contribution in [2.24, 2.45) is 5.92 Å². The van der Waals surface area contributed by atoms with Crippen molar-refractivity contribution in [3.05, 3.63) is 82.9 Å². The average Bonchev–Trinajstić information content (AvgIpc) is 3.04. The lowest BCUT2D eigenvalue weighted by Crippen LogP contribution is -2.41. The molecule has 1 atom stereocenters. The first-order valence-electron chi connectivity index (χ1n) is 16.6. The fraction of sp³-hybridized carbons (Fsp3) is 0.432. The van der Waals surface area contributed by atoms with Gasteiger partial charge in [-0.1, -0.05) is 55.8 Å². The van der Waals surface area contributed by atoms with E-state index in [0.29, 0.717) is 23.7 Å². The number of carbonyl (C=O) groups excluding carboxylic acids is 3. The highest BCUT2D eigenvalue weighted by Crippen LogP contribution is 2.29. The molecule has 0 saturated heterocycles. The number of sulfonamides is 1. The first-order chi connectivity index (χ1) is 23.9. The highest BCUT2D eigenvalue weighted by atomic mass is 35.5. The molecule has 0 unspecified atom stereocenters. The summed E-state index contributed by atoms with van der Waals surface area (Å²) in [7, 11) is -3.99. The van der Waals surface area contributed by atoms with Gasteiger partial charge in [0, 0.05) is 30.7 Å². The molecule has 51 heavy (non-hydrogen) atoms. The normalized spacial score (nSPS) is 12.2. The molecule has 2 amide bonds. The Morgan fingerprint density at radius 3 is 2.29 bits per heavy atom. The number of hydrogen-bond donors (Lipinski definition) is 3. The molecule has 14 heteroatoms. The Balaban J connectivity index is 1.70. The van der Waals surface area contributed by atoms with Gasteiger partial charge in [-0.15, -0.1) is 0 Å². The molecule has 3 aromatic rings. The largest absolute Gasteiger partial charge is 0.492 e. The first kappa shape index (κ1) is 41.1. The Hall–Kier alpha value is -4.33. The summed E-state index contributed by atoms with van der Waals surface area (Å²) in [5.74, 6) is -1.35. The van der Waals surface area contributed by atoms with Crippen LogP contribution in [0.4, 0.5) is 10.5 Å². The van der Waals surface area contributed by atoms with Gasteiger partial charge >= 0.3 is 12.1 Å². The fourth-order valence-corrected chi connectivity index (χ4v) is 5.90. The van der Waals surface area contributed by atoms with E-state index in [4.69, 9.17) is 25.8 Å². The van der Waals surface area contributed by atoms with Crippen LogP contribution in [0.3, 0.4) is 0 Å². The predicted molar refractivity (Wildman–Crippen MR) is 197 cm³/mol. The Labute approximate surface area is 305 Å². The highest BCUT2D eigenvalue weighted by molar-refractivity contribution is 7.90. The van der Waals surface area contributed by atoms with Crippen molar-refractivity contribution >= 4 is 45.3 Å². The number of aliphatic hydroxyl groups excluding tert-OH is 1. The molecule has 3 aromatic carbocycles. The molecule has 0 spiro atoms. The third-order valence-corrected chi connectivity index (χ3v) is 8.67. The highest BCUT2D eigenvalue weighted by Gasteiger charge is 2.25. The molecule has 0 bridgehead atoms. The fourth-order valence-electron chi connectivity index (χ4n) is 4.70. The molecule has 0 aliphatic carbocycles. The van der Waals surface area contributed by atoms with E-state index in [1.807, 2.05) is 38.1 Å². The zero-order valence-electron chi connectivity index (χ0n) is 29.9. The summed E-state index contributed by atoms with van der Waals surface area (Å²) in [5.41, 5.74) is 2.28. The van der Waals surface area contributed by atoms with Gasteiger partial charge < -0.3 is 29.5 Å². The van der Waals surface area contributed by atoms with Crippen LogP contribution in [0.2, 0.25) is 5.02 Å². The van der Waals surface area contributed by atoms with E-state index < -0.39 is 45.5 Å². The van der Waals surface area contributed by atoms with Crippen LogP contribution in [0.5, 0.6) is 5.75 Å². The lowest BCUT2D eigenvalue weighted by molar-refractivity contribution is -0.140. The second-order valence-corrected chi connectivity index (χ2v) is 15.6. The maximum atomic E-state index is 13.0. The minimum Gasteiger partial charge on any atom is -0.492 e. The topological polar surface area (TPSA) is 161 Å². The van der Waals surface area contributed by atoms with Crippen LogP contribution in [0, 0.1) is 5.92 Å². The van der Waals surface area contributed by atoms with Crippen molar-refractivity contribution in [3.63, 3.8) is 0 Å². The minimum atomic E-state index is -3.99. The predicted octanol–water partition coefficient (Wildman–Crippen LogP) is 6.44. The quantitative estimate of drug-likeness (QED) is 0.104. The number of amides is 2. The van der Waals surface area contributed by atoms with Crippen molar-refractivity contribution in [2.75, 3.05) is 43.9 Å². The van der Waals surface area contributed by atoms with Crippen molar-refractivity contribution in [1.29, 1.82) is 0 Å². The molecule has 3 N–H and O–H groups in total. The molecule has 12 nitrogen and oxygen atoms in total. The molecular formula is C37H48ClN3O9S. The van der Waals surface area contributed by atoms with Gasteiger partial charge in [-0.25, -0.2) is 17.9 Å². The Morgan fingerprint density at radius 1 is 0.980 bits per heavy atom. The Bertz CT molecular complexity index is 1740. The van der Waals surface area contributed by atoms with E-state index in [9.17, 15) is 27.9 Å². The molecule has 278 valence electrons. The SMILES string of the molecule is CC(=O)OCCCS(=O)(=O)NC(=O)c1ccc(-c2ccc(NCCN(C[C@@H](O)c3cccc(Cl)c3)C(=O)OC(C)(C)C)cc2)cc1OCC(C)C. The number of nitrogens with zero attached hydrogens (tertiary/aromatic N) is 1. The van der Waals surface area contributed by atoms with Gasteiger partial charge in [0.25, 0.3) is 5.91 Å². The number of ether oxygens (including phenoxy) is 3. The molecule has 3 rings (SSSR count). The lowest BCUT2D eigenvalue weighted by Gasteiger charge is -2.29. The second kappa shape index (κ2) is 18.8. The number of esters is 1. The summed E-state index contributed by atoms with van der Waals surface area (Å²) in [6.07, 6.45) is -1.48. The van der Waals surface area contributed by atoms with Crippen LogP contribution in [0.1, 0.15) is 70.0 Å². The van der Waals surface area contributed by atoms with E-state index in [2.05, 4.69) is 10.0 Å². The minimum absolute atomic E-state index is 0.00706. The van der Waals surface area contributed by atoms with Gasteiger partial charge in [-0.2, -0.15) is 0 Å².